The average Bonchev–Trinajstić information content (AvgIpc) is 2.71. The summed E-state index contributed by atoms with van der Waals surface area (Å²) in [6.07, 6.45) is 4.99. The van der Waals surface area contributed by atoms with Crippen LogP contribution in [0.3, 0.4) is 0 Å². The molecule has 0 heterocycles. The molecule has 78 valence electrons. The van der Waals surface area contributed by atoms with Crippen LogP contribution in [0.4, 0.5) is 0 Å². The summed E-state index contributed by atoms with van der Waals surface area (Å²) in [6, 6.07) is 0. The Morgan fingerprint density at radius 3 is 2.43 bits per heavy atom. The number of hydrogen-bond donors (Lipinski definition) is 0. The molecule has 2 aliphatic rings. The quantitative estimate of drug-likeness (QED) is 0.502. The van der Waals surface area contributed by atoms with E-state index in [0.29, 0.717) is 25.7 Å². The standard InChI is InChI=1S/C10H15NO3/c12-9-4-3-8(7-9)10(11(13)14)5-1-2-6-10/h8H,1-7H2/t8-/m1/s1. The van der Waals surface area contributed by atoms with E-state index in [2.05, 4.69) is 0 Å². The van der Waals surface area contributed by atoms with Crippen LogP contribution in [0.25, 0.3) is 0 Å². The van der Waals surface area contributed by atoms with Gasteiger partial charge >= 0.3 is 0 Å². The van der Waals surface area contributed by atoms with Crippen molar-refractivity contribution in [2.75, 3.05) is 0 Å². The molecule has 1 atom stereocenters. The third kappa shape index (κ3) is 1.33. The molecule has 2 saturated carbocycles. The number of nitro groups is 1. The Morgan fingerprint density at radius 1 is 1.36 bits per heavy atom. The Labute approximate surface area is 82.8 Å². The number of ketones is 1. The van der Waals surface area contributed by atoms with Crippen molar-refractivity contribution in [3.63, 3.8) is 0 Å². The van der Waals surface area contributed by atoms with Gasteiger partial charge in [0.05, 0.1) is 0 Å². The van der Waals surface area contributed by atoms with Crippen LogP contribution in [-0.2, 0) is 4.79 Å². The molecule has 0 spiro atoms. The molecule has 0 saturated heterocycles. The van der Waals surface area contributed by atoms with E-state index < -0.39 is 5.54 Å². The molecule has 4 nitrogen and oxygen atoms in total. The summed E-state index contributed by atoms with van der Waals surface area (Å²) in [5.74, 6) is 0.232. The molecular weight excluding hydrogens is 182 g/mol. The molecule has 0 aromatic rings. The largest absolute Gasteiger partial charge is 0.300 e. The minimum absolute atomic E-state index is 0.0208. The van der Waals surface area contributed by atoms with Crippen LogP contribution in [0, 0.1) is 16.0 Å². The van der Waals surface area contributed by atoms with Crippen molar-refractivity contribution in [1.29, 1.82) is 0 Å². The Kier molecular flexibility index (Phi) is 2.29. The fourth-order valence-electron chi connectivity index (χ4n) is 3.00. The predicted octanol–water partition coefficient (Wildman–Crippen LogP) is 1.95. The van der Waals surface area contributed by atoms with E-state index in [-0.39, 0.29) is 16.6 Å². The van der Waals surface area contributed by atoms with Crippen LogP contribution in [0.2, 0.25) is 0 Å². The number of hydrogen-bond acceptors (Lipinski definition) is 3. The van der Waals surface area contributed by atoms with Gasteiger partial charge in [-0.1, -0.05) is 0 Å². The number of Topliss-reactive ketones (excluding diaryl/α,β-unsaturated/α-hetero) is 1. The van der Waals surface area contributed by atoms with Gasteiger partial charge in [0.15, 0.2) is 0 Å². The first-order valence-corrected chi connectivity index (χ1v) is 5.31. The van der Waals surface area contributed by atoms with Gasteiger partial charge < -0.3 is 0 Å². The van der Waals surface area contributed by atoms with E-state index in [0.717, 1.165) is 19.3 Å². The molecule has 0 bridgehead atoms. The lowest BCUT2D eigenvalue weighted by Crippen LogP contribution is -2.42. The molecule has 0 amide bonds. The molecule has 0 unspecified atom stereocenters. The van der Waals surface area contributed by atoms with Crippen molar-refractivity contribution in [2.45, 2.75) is 50.5 Å². The molecule has 2 rings (SSSR count). The van der Waals surface area contributed by atoms with E-state index in [1.807, 2.05) is 0 Å². The summed E-state index contributed by atoms with van der Waals surface area (Å²) < 4.78 is 0. The number of nitrogens with zero attached hydrogens (tertiary/aromatic N) is 1. The van der Waals surface area contributed by atoms with Crippen LogP contribution >= 0.6 is 0 Å². The average molecular weight is 197 g/mol. The first-order chi connectivity index (χ1) is 6.65. The Hall–Kier alpha value is -0.930. The lowest BCUT2D eigenvalue weighted by atomic mass is 9.82. The molecule has 0 N–H and O–H groups in total. The van der Waals surface area contributed by atoms with Gasteiger partial charge in [0.2, 0.25) is 5.54 Å². The van der Waals surface area contributed by atoms with E-state index in [9.17, 15) is 14.9 Å². The maximum absolute atomic E-state index is 11.2. The fourth-order valence-corrected chi connectivity index (χ4v) is 3.00. The molecule has 2 fully saturated rings. The SMILES string of the molecule is O=C1CC[C@@H](C2([N+](=O)[O-])CCCC2)C1. The Morgan fingerprint density at radius 2 is 2.00 bits per heavy atom. The monoisotopic (exact) mass is 197 g/mol. The second kappa shape index (κ2) is 3.33. The third-order valence-corrected chi connectivity index (χ3v) is 3.84. The first-order valence-electron chi connectivity index (χ1n) is 5.31. The van der Waals surface area contributed by atoms with Gasteiger partial charge in [-0.15, -0.1) is 0 Å². The van der Waals surface area contributed by atoms with Gasteiger partial charge in [0, 0.05) is 36.5 Å². The number of rotatable bonds is 2. The lowest BCUT2D eigenvalue weighted by molar-refractivity contribution is -0.579. The van der Waals surface area contributed by atoms with Crippen LogP contribution in [-0.4, -0.2) is 16.2 Å². The highest BCUT2D eigenvalue weighted by Gasteiger charge is 2.53. The molecule has 0 aromatic heterocycles. The summed E-state index contributed by atoms with van der Waals surface area (Å²) in [5.41, 5.74) is -0.744. The smallest absolute Gasteiger partial charge is 0.225 e. The minimum Gasteiger partial charge on any atom is -0.300 e. The van der Waals surface area contributed by atoms with Gasteiger partial charge in [-0.05, 0) is 19.3 Å². The molecule has 2 aliphatic carbocycles. The van der Waals surface area contributed by atoms with Crippen molar-refractivity contribution < 1.29 is 9.72 Å². The molecular formula is C10H15NO3. The van der Waals surface area contributed by atoms with Gasteiger partial charge in [-0.3, -0.25) is 14.9 Å². The highest BCUT2D eigenvalue weighted by atomic mass is 16.6. The molecule has 0 aliphatic heterocycles. The Balaban J connectivity index is 2.18. The second-order valence-electron chi connectivity index (χ2n) is 4.55. The van der Waals surface area contributed by atoms with E-state index >= 15 is 0 Å². The molecule has 14 heavy (non-hydrogen) atoms. The summed E-state index contributed by atoms with van der Waals surface area (Å²) in [5, 5.41) is 11.1. The van der Waals surface area contributed by atoms with Crippen LogP contribution in [0.1, 0.15) is 44.9 Å². The predicted molar refractivity (Wildman–Crippen MR) is 50.5 cm³/mol. The topological polar surface area (TPSA) is 60.2 Å². The number of carbonyl (C=O) groups is 1. The fraction of sp³-hybridized carbons (Fsp3) is 0.900. The summed E-state index contributed by atoms with van der Waals surface area (Å²) in [7, 11) is 0. The zero-order valence-electron chi connectivity index (χ0n) is 8.20. The maximum atomic E-state index is 11.2. The van der Waals surface area contributed by atoms with Crippen molar-refractivity contribution in [2.24, 2.45) is 5.92 Å². The third-order valence-electron chi connectivity index (χ3n) is 3.84. The normalized spacial score (nSPS) is 30.9. The minimum atomic E-state index is -0.744. The van der Waals surface area contributed by atoms with E-state index in [1.165, 1.54) is 0 Å². The van der Waals surface area contributed by atoms with Crippen molar-refractivity contribution >= 4 is 5.78 Å². The van der Waals surface area contributed by atoms with Gasteiger partial charge in [0.1, 0.15) is 5.78 Å². The lowest BCUT2D eigenvalue weighted by Gasteiger charge is -2.25. The zero-order valence-corrected chi connectivity index (χ0v) is 8.20. The first kappa shape index (κ1) is 9.62. The maximum Gasteiger partial charge on any atom is 0.225 e. The van der Waals surface area contributed by atoms with Crippen molar-refractivity contribution in [3.05, 3.63) is 10.1 Å². The summed E-state index contributed by atoms with van der Waals surface area (Å²) >= 11 is 0. The molecule has 0 aromatic carbocycles. The molecule has 0 radical (unpaired) electrons. The van der Waals surface area contributed by atoms with E-state index in [1.54, 1.807) is 0 Å². The van der Waals surface area contributed by atoms with Crippen molar-refractivity contribution in [3.8, 4) is 0 Å². The zero-order chi connectivity index (χ0) is 10.2. The van der Waals surface area contributed by atoms with Gasteiger partial charge in [0.25, 0.3) is 0 Å². The van der Waals surface area contributed by atoms with E-state index in [4.69, 9.17) is 0 Å². The molecule has 4 heteroatoms. The Bertz CT molecular complexity index is 269. The summed E-state index contributed by atoms with van der Waals surface area (Å²) in [6.45, 7) is 0. The van der Waals surface area contributed by atoms with Crippen LogP contribution in [0.15, 0.2) is 0 Å². The van der Waals surface area contributed by atoms with Crippen LogP contribution in [0.5, 0.6) is 0 Å². The van der Waals surface area contributed by atoms with Gasteiger partial charge in [-0.2, -0.15) is 0 Å². The highest BCUT2D eigenvalue weighted by molar-refractivity contribution is 5.80. The summed E-state index contributed by atoms with van der Waals surface area (Å²) in [4.78, 5) is 22.2. The van der Waals surface area contributed by atoms with Gasteiger partial charge in [-0.25, -0.2) is 0 Å². The second-order valence-corrected chi connectivity index (χ2v) is 4.55. The van der Waals surface area contributed by atoms with Crippen molar-refractivity contribution in [1.82, 2.24) is 0 Å². The highest BCUT2D eigenvalue weighted by Crippen LogP contribution is 2.44. The number of carbonyl (C=O) groups excluding carboxylic acids is 1. The van der Waals surface area contributed by atoms with Crippen LogP contribution < -0.4 is 0 Å².